The number of anilines is 1. The molecule has 1 fully saturated rings. The Balaban J connectivity index is 2.42. The lowest BCUT2D eigenvalue weighted by atomic mass is 10.0. The van der Waals surface area contributed by atoms with Gasteiger partial charge in [-0.25, -0.2) is 9.78 Å². The molecular weight excluding hydrogens is 314 g/mol. The number of nitrogens with zero attached hydrogens (tertiary/aromatic N) is 3. The molecule has 140 valence electrons. The van der Waals surface area contributed by atoms with E-state index in [2.05, 4.69) is 36.7 Å². The number of carbonyl (C=O) groups excluding carboxylic acids is 1. The summed E-state index contributed by atoms with van der Waals surface area (Å²) >= 11 is 0. The summed E-state index contributed by atoms with van der Waals surface area (Å²) in [5, 5.41) is 0. The summed E-state index contributed by atoms with van der Waals surface area (Å²) < 4.78 is 5.68. The molecule has 25 heavy (non-hydrogen) atoms. The molecule has 0 spiro atoms. The van der Waals surface area contributed by atoms with Crippen LogP contribution in [0.4, 0.5) is 10.6 Å². The van der Waals surface area contributed by atoms with Crippen molar-refractivity contribution in [2.45, 2.75) is 78.5 Å². The third-order valence-electron chi connectivity index (χ3n) is 4.80. The average molecular weight is 348 g/mol. The van der Waals surface area contributed by atoms with E-state index in [9.17, 15) is 4.79 Å². The first kappa shape index (κ1) is 19.7. The van der Waals surface area contributed by atoms with Crippen LogP contribution in [0.1, 0.15) is 72.4 Å². The van der Waals surface area contributed by atoms with Gasteiger partial charge in [0.25, 0.3) is 0 Å². The minimum atomic E-state index is -0.527. The topological polar surface area (TPSA) is 45.7 Å². The zero-order valence-electron chi connectivity index (χ0n) is 16.6. The summed E-state index contributed by atoms with van der Waals surface area (Å²) in [7, 11) is 0. The molecule has 2 unspecified atom stereocenters. The first-order valence-electron chi connectivity index (χ1n) is 9.49. The summed E-state index contributed by atoms with van der Waals surface area (Å²) in [6.07, 6.45) is 4.59. The highest BCUT2D eigenvalue weighted by Crippen LogP contribution is 2.37. The predicted molar refractivity (Wildman–Crippen MR) is 102 cm³/mol. The van der Waals surface area contributed by atoms with E-state index in [4.69, 9.17) is 4.74 Å². The lowest BCUT2D eigenvalue weighted by Crippen LogP contribution is -2.43. The summed E-state index contributed by atoms with van der Waals surface area (Å²) in [4.78, 5) is 21.7. The van der Waals surface area contributed by atoms with E-state index in [1.165, 1.54) is 6.42 Å². The maximum Gasteiger partial charge on any atom is 0.416 e. The van der Waals surface area contributed by atoms with E-state index in [0.29, 0.717) is 6.04 Å². The van der Waals surface area contributed by atoms with Gasteiger partial charge in [-0.05, 0) is 66.1 Å². The summed E-state index contributed by atoms with van der Waals surface area (Å²) in [5.41, 5.74) is 0.605. The van der Waals surface area contributed by atoms with Crippen molar-refractivity contribution in [3.63, 3.8) is 0 Å². The van der Waals surface area contributed by atoms with Crippen molar-refractivity contribution in [2.24, 2.45) is 0 Å². The van der Waals surface area contributed by atoms with Crippen LogP contribution in [-0.4, -0.2) is 40.7 Å². The molecule has 2 rings (SSSR count). The van der Waals surface area contributed by atoms with Crippen LogP contribution in [0.25, 0.3) is 0 Å². The van der Waals surface area contributed by atoms with Gasteiger partial charge in [0.05, 0.1) is 0 Å². The largest absolute Gasteiger partial charge is 0.443 e. The van der Waals surface area contributed by atoms with Crippen molar-refractivity contribution >= 4 is 11.9 Å². The number of amides is 1. The van der Waals surface area contributed by atoms with Crippen LogP contribution in [0.15, 0.2) is 18.3 Å². The Morgan fingerprint density at radius 3 is 2.76 bits per heavy atom. The van der Waals surface area contributed by atoms with Crippen LogP contribution in [0.5, 0.6) is 0 Å². The Kier molecular flexibility index (Phi) is 6.44. The third-order valence-corrected chi connectivity index (χ3v) is 4.80. The van der Waals surface area contributed by atoms with Crippen LogP contribution < -0.4 is 4.90 Å². The number of likely N-dealkylation sites (tertiary alicyclic amines) is 1. The molecule has 0 N–H and O–H groups in total. The predicted octanol–water partition coefficient (Wildman–Crippen LogP) is 4.78. The van der Waals surface area contributed by atoms with Crippen molar-refractivity contribution in [3.8, 4) is 0 Å². The number of pyridine rings is 1. The fourth-order valence-electron chi connectivity index (χ4n) is 3.40. The Hall–Kier alpha value is -1.62. The fourth-order valence-corrected chi connectivity index (χ4v) is 3.40. The molecular formula is C20H33N3O2. The van der Waals surface area contributed by atoms with Gasteiger partial charge in [-0.1, -0.05) is 19.9 Å². The molecule has 1 aromatic rings. The molecule has 5 heteroatoms. The number of hydrogen-bond donors (Lipinski definition) is 0. The minimum Gasteiger partial charge on any atom is -0.443 e. The van der Waals surface area contributed by atoms with Crippen LogP contribution in [0.3, 0.4) is 0 Å². The second-order valence-corrected chi connectivity index (χ2v) is 7.81. The normalized spacial score (nSPS) is 19.7. The Morgan fingerprint density at radius 1 is 1.44 bits per heavy atom. The van der Waals surface area contributed by atoms with Gasteiger partial charge in [0.2, 0.25) is 0 Å². The molecule has 0 aromatic carbocycles. The molecule has 5 nitrogen and oxygen atoms in total. The summed E-state index contributed by atoms with van der Waals surface area (Å²) in [5.74, 6) is 0.747. The number of carbonyl (C=O) groups is 1. The SMILES string of the molecule is CCC(C)N(C(=O)OC(C)(C)C)c1ncccc1C1CCCN1CC. The molecule has 0 aliphatic carbocycles. The smallest absolute Gasteiger partial charge is 0.416 e. The summed E-state index contributed by atoms with van der Waals surface area (Å²) in [6, 6.07) is 4.43. The maximum atomic E-state index is 12.9. The van der Waals surface area contributed by atoms with Crippen molar-refractivity contribution in [1.29, 1.82) is 0 Å². The van der Waals surface area contributed by atoms with E-state index in [0.717, 1.165) is 37.3 Å². The molecule has 1 saturated heterocycles. The zero-order valence-corrected chi connectivity index (χ0v) is 16.6. The number of aromatic nitrogens is 1. The molecule has 1 amide bonds. The lowest BCUT2D eigenvalue weighted by molar-refractivity contribution is 0.0565. The van der Waals surface area contributed by atoms with Crippen LogP contribution in [0, 0.1) is 0 Å². The quantitative estimate of drug-likeness (QED) is 0.769. The Labute approximate surface area is 152 Å². The van der Waals surface area contributed by atoms with Gasteiger partial charge in [-0.15, -0.1) is 0 Å². The highest BCUT2D eigenvalue weighted by Gasteiger charge is 2.33. The van der Waals surface area contributed by atoms with Crippen LogP contribution in [-0.2, 0) is 4.74 Å². The van der Waals surface area contributed by atoms with E-state index >= 15 is 0 Å². The second-order valence-electron chi connectivity index (χ2n) is 7.81. The third kappa shape index (κ3) is 4.72. The highest BCUT2D eigenvalue weighted by atomic mass is 16.6. The van der Waals surface area contributed by atoms with Gasteiger partial charge >= 0.3 is 6.09 Å². The van der Waals surface area contributed by atoms with Crippen LogP contribution >= 0.6 is 0 Å². The van der Waals surface area contributed by atoms with E-state index in [1.54, 1.807) is 11.1 Å². The van der Waals surface area contributed by atoms with E-state index in [-0.39, 0.29) is 12.1 Å². The zero-order chi connectivity index (χ0) is 18.6. The van der Waals surface area contributed by atoms with Gasteiger partial charge in [0.15, 0.2) is 0 Å². The van der Waals surface area contributed by atoms with Crippen molar-refractivity contribution in [1.82, 2.24) is 9.88 Å². The molecule has 0 saturated carbocycles. The Morgan fingerprint density at radius 2 is 2.16 bits per heavy atom. The first-order valence-corrected chi connectivity index (χ1v) is 9.49. The van der Waals surface area contributed by atoms with Gasteiger partial charge in [-0.2, -0.15) is 0 Å². The molecule has 1 aromatic heterocycles. The number of rotatable bonds is 5. The number of ether oxygens (including phenoxy) is 1. The average Bonchev–Trinajstić information content (AvgIpc) is 3.02. The molecule has 0 bridgehead atoms. The van der Waals surface area contributed by atoms with Gasteiger partial charge in [0.1, 0.15) is 11.4 Å². The highest BCUT2D eigenvalue weighted by molar-refractivity contribution is 5.88. The number of hydrogen-bond acceptors (Lipinski definition) is 4. The molecule has 0 radical (unpaired) electrons. The monoisotopic (exact) mass is 347 g/mol. The Bertz CT molecular complexity index is 583. The van der Waals surface area contributed by atoms with Crippen LogP contribution in [0.2, 0.25) is 0 Å². The van der Waals surface area contributed by atoms with Crippen molar-refractivity contribution in [2.75, 3.05) is 18.0 Å². The molecule has 2 atom stereocenters. The molecule has 1 aliphatic rings. The van der Waals surface area contributed by atoms with E-state index < -0.39 is 5.60 Å². The summed E-state index contributed by atoms with van der Waals surface area (Å²) in [6.45, 7) is 14.1. The van der Waals surface area contributed by atoms with Gasteiger partial charge in [-0.3, -0.25) is 9.80 Å². The van der Waals surface area contributed by atoms with E-state index in [1.807, 2.05) is 26.8 Å². The first-order chi connectivity index (χ1) is 11.8. The van der Waals surface area contributed by atoms with Gasteiger partial charge < -0.3 is 4.74 Å². The lowest BCUT2D eigenvalue weighted by Gasteiger charge is -2.33. The minimum absolute atomic E-state index is 0.0278. The van der Waals surface area contributed by atoms with Crippen molar-refractivity contribution in [3.05, 3.63) is 23.9 Å². The molecule has 1 aliphatic heterocycles. The maximum absolute atomic E-state index is 12.9. The van der Waals surface area contributed by atoms with Crippen molar-refractivity contribution < 1.29 is 9.53 Å². The second kappa shape index (κ2) is 8.17. The molecule has 2 heterocycles. The standard InChI is InChI=1S/C20H33N3O2/c1-7-15(3)23(19(24)25-20(4,5)6)18-16(11-9-13-21-18)17-12-10-14-22(17)8-2/h9,11,13,15,17H,7-8,10,12,14H2,1-6H3. The van der Waals surface area contributed by atoms with Gasteiger partial charge in [0, 0.05) is 23.8 Å². The fraction of sp³-hybridized carbons (Fsp3) is 0.700.